The third-order valence-corrected chi connectivity index (χ3v) is 5.79. The van der Waals surface area contributed by atoms with Gasteiger partial charge in [0.25, 0.3) is 0 Å². The monoisotopic (exact) mass is 403 g/mol. The van der Waals surface area contributed by atoms with E-state index in [4.69, 9.17) is 16.3 Å². The van der Waals surface area contributed by atoms with Gasteiger partial charge in [0.2, 0.25) is 5.91 Å². The molecule has 0 atom stereocenters. The van der Waals surface area contributed by atoms with E-state index in [1.165, 1.54) is 29.2 Å². The highest BCUT2D eigenvalue weighted by molar-refractivity contribution is 7.24. The van der Waals surface area contributed by atoms with Crippen LogP contribution in [0.15, 0.2) is 42.5 Å². The second-order valence-corrected chi connectivity index (χ2v) is 7.25. The normalized spacial score (nSPS) is 10.8. The first-order valence-corrected chi connectivity index (χ1v) is 9.56. The molecule has 27 heavy (non-hydrogen) atoms. The third-order valence-electron chi connectivity index (χ3n) is 4.05. The van der Waals surface area contributed by atoms with Gasteiger partial charge in [-0.1, -0.05) is 41.9 Å². The highest BCUT2D eigenvalue weighted by Gasteiger charge is 2.28. The Bertz CT molecular complexity index is 1000. The molecule has 3 aromatic rings. The molecule has 7 heteroatoms. The zero-order valence-corrected chi connectivity index (χ0v) is 16.4. The van der Waals surface area contributed by atoms with Crippen LogP contribution in [0.5, 0.6) is 5.75 Å². The summed E-state index contributed by atoms with van der Waals surface area (Å²) in [6.45, 7) is 3.68. The Balaban J connectivity index is 2.20. The number of hydrogen-bond donors (Lipinski definition) is 1. The van der Waals surface area contributed by atoms with Crippen LogP contribution in [0.3, 0.4) is 0 Å². The van der Waals surface area contributed by atoms with E-state index < -0.39 is 5.97 Å². The molecule has 0 radical (unpaired) electrons. The Morgan fingerprint density at radius 3 is 2.52 bits per heavy atom. The molecule has 1 amide bonds. The third kappa shape index (κ3) is 3.77. The van der Waals surface area contributed by atoms with Crippen molar-refractivity contribution in [3.05, 3.63) is 58.6 Å². The number of aromatic hydroxyl groups is 1. The second-order valence-electron chi connectivity index (χ2n) is 5.87. The van der Waals surface area contributed by atoms with Crippen molar-refractivity contribution in [3.63, 3.8) is 0 Å². The lowest BCUT2D eigenvalue weighted by molar-refractivity contribution is -0.116. The predicted molar refractivity (Wildman–Crippen MR) is 108 cm³/mol. The summed E-state index contributed by atoms with van der Waals surface area (Å²) in [5.74, 6) is -0.819. The van der Waals surface area contributed by atoms with E-state index in [-0.39, 0.29) is 28.8 Å². The number of phenolic OH excluding ortho intramolecular Hbond substituents is 1. The molecular formula is C20H18ClNO4S. The number of phenols is 1. The van der Waals surface area contributed by atoms with Crippen molar-refractivity contribution in [2.45, 2.75) is 20.4 Å². The number of anilines is 1. The molecule has 140 valence electrons. The van der Waals surface area contributed by atoms with Crippen LogP contribution in [0.4, 0.5) is 5.00 Å². The van der Waals surface area contributed by atoms with Gasteiger partial charge in [-0.15, -0.1) is 11.3 Å². The topological polar surface area (TPSA) is 66.8 Å². The van der Waals surface area contributed by atoms with Crippen LogP contribution < -0.4 is 4.90 Å². The Morgan fingerprint density at radius 2 is 1.89 bits per heavy atom. The molecule has 1 aromatic heterocycles. The van der Waals surface area contributed by atoms with Crippen LogP contribution in [-0.4, -0.2) is 23.6 Å². The van der Waals surface area contributed by atoms with E-state index in [0.717, 1.165) is 5.56 Å². The maximum Gasteiger partial charge on any atom is 0.341 e. The van der Waals surface area contributed by atoms with Crippen molar-refractivity contribution in [2.75, 3.05) is 11.5 Å². The summed E-state index contributed by atoms with van der Waals surface area (Å²) in [6, 6.07) is 12.5. The Morgan fingerprint density at radius 1 is 1.19 bits per heavy atom. The van der Waals surface area contributed by atoms with Crippen LogP contribution >= 0.6 is 22.9 Å². The fourth-order valence-corrected chi connectivity index (χ4v) is 4.33. The van der Waals surface area contributed by atoms with E-state index in [0.29, 0.717) is 21.6 Å². The van der Waals surface area contributed by atoms with Gasteiger partial charge in [-0.2, -0.15) is 0 Å². The van der Waals surface area contributed by atoms with Crippen molar-refractivity contribution < 1.29 is 19.4 Å². The van der Waals surface area contributed by atoms with E-state index in [1.54, 1.807) is 13.0 Å². The zero-order valence-electron chi connectivity index (χ0n) is 14.9. The molecule has 0 aliphatic heterocycles. The first-order chi connectivity index (χ1) is 12.9. The molecule has 2 aromatic carbocycles. The molecule has 0 saturated heterocycles. The Kier molecular flexibility index (Phi) is 5.68. The minimum atomic E-state index is -0.528. The SMILES string of the molecule is CCOC(=O)c1c(N(Cc2ccccc2)C(C)=O)sc2c(Cl)c(O)ccc12. The lowest BCUT2D eigenvalue weighted by Crippen LogP contribution is -2.28. The van der Waals surface area contributed by atoms with Gasteiger partial charge in [-0.05, 0) is 24.6 Å². The van der Waals surface area contributed by atoms with Gasteiger partial charge in [-0.3, -0.25) is 9.69 Å². The van der Waals surface area contributed by atoms with Crippen molar-refractivity contribution in [1.82, 2.24) is 0 Å². The van der Waals surface area contributed by atoms with Gasteiger partial charge in [0.15, 0.2) is 0 Å². The molecule has 0 aliphatic rings. The van der Waals surface area contributed by atoms with Crippen molar-refractivity contribution in [1.29, 1.82) is 0 Å². The average molecular weight is 404 g/mol. The largest absolute Gasteiger partial charge is 0.506 e. The summed E-state index contributed by atoms with van der Waals surface area (Å²) in [5, 5.41) is 11.1. The molecule has 3 rings (SSSR count). The highest BCUT2D eigenvalue weighted by Crippen LogP contribution is 2.45. The molecule has 0 spiro atoms. The fraction of sp³-hybridized carbons (Fsp3) is 0.200. The number of carbonyl (C=O) groups is 2. The van der Waals surface area contributed by atoms with E-state index in [1.807, 2.05) is 30.3 Å². The Labute approximate surface area is 165 Å². The zero-order chi connectivity index (χ0) is 19.6. The molecule has 0 saturated carbocycles. The minimum Gasteiger partial charge on any atom is -0.506 e. The number of thiophene rings is 1. The Hall–Kier alpha value is -2.57. The number of amides is 1. The number of fused-ring (bicyclic) bond motifs is 1. The minimum absolute atomic E-state index is 0.0789. The number of halogens is 1. The molecule has 0 fully saturated rings. The van der Waals surface area contributed by atoms with E-state index in [2.05, 4.69) is 0 Å². The quantitative estimate of drug-likeness (QED) is 0.609. The standard InChI is InChI=1S/C20H18ClNO4S/c1-3-26-20(25)16-14-9-10-15(24)17(21)18(14)27-19(16)22(12(2)23)11-13-7-5-4-6-8-13/h4-10,24H,3,11H2,1-2H3. The average Bonchev–Trinajstić information content (AvgIpc) is 3.03. The van der Waals surface area contributed by atoms with Gasteiger partial charge in [-0.25, -0.2) is 4.79 Å². The van der Waals surface area contributed by atoms with Crippen LogP contribution in [0.1, 0.15) is 29.8 Å². The van der Waals surface area contributed by atoms with Crippen LogP contribution in [-0.2, 0) is 16.1 Å². The first kappa shape index (κ1) is 19.2. The van der Waals surface area contributed by atoms with Crippen LogP contribution in [0.25, 0.3) is 10.1 Å². The summed E-state index contributed by atoms with van der Waals surface area (Å²) in [6.07, 6.45) is 0. The predicted octanol–water partition coefficient (Wildman–Crippen LogP) is 4.99. The summed E-state index contributed by atoms with van der Waals surface area (Å²) in [5.41, 5.74) is 1.21. The fourth-order valence-electron chi connectivity index (χ4n) is 2.79. The number of hydrogen-bond acceptors (Lipinski definition) is 5. The number of esters is 1. The van der Waals surface area contributed by atoms with Crippen LogP contribution in [0.2, 0.25) is 5.02 Å². The van der Waals surface area contributed by atoms with Gasteiger partial charge in [0.1, 0.15) is 21.3 Å². The number of nitrogens with zero attached hydrogens (tertiary/aromatic N) is 1. The second kappa shape index (κ2) is 7.98. The molecule has 1 heterocycles. The summed E-state index contributed by atoms with van der Waals surface area (Å²) >= 11 is 7.43. The number of ether oxygens (including phenoxy) is 1. The lowest BCUT2D eigenvalue weighted by Gasteiger charge is -2.21. The molecule has 0 aliphatic carbocycles. The molecule has 0 unspecified atom stereocenters. The van der Waals surface area contributed by atoms with Gasteiger partial charge < -0.3 is 9.84 Å². The summed E-state index contributed by atoms with van der Waals surface area (Å²) < 4.78 is 5.75. The van der Waals surface area contributed by atoms with E-state index >= 15 is 0 Å². The number of carbonyl (C=O) groups excluding carboxylic acids is 2. The van der Waals surface area contributed by atoms with Crippen molar-refractivity contribution >= 4 is 49.9 Å². The highest BCUT2D eigenvalue weighted by atomic mass is 35.5. The number of benzene rings is 2. The van der Waals surface area contributed by atoms with Gasteiger partial charge in [0, 0.05) is 12.3 Å². The molecule has 5 nitrogen and oxygen atoms in total. The van der Waals surface area contributed by atoms with Gasteiger partial charge in [0.05, 0.1) is 17.9 Å². The molecular weight excluding hydrogens is 386 g/mol. The maximum absolute atomic E-state index is 12.7. The van der Waals surface area contributed by atoms with Gasteiger partial charge >= 0.3 is 5.97 Å². The number of rotatable bonds is 5. The van der Waals surface area contributed by atoms with Crippen molar-refractivity contribution in [3.8, 4) is 5.75 Å². The molecule has 0 bridgehead atoms. The van der Waals surface area contributed by atoms with E-state index in [9.17, 15) is 14.7 Å². The summed E-state index contributed by atoms with van der Waals surface area (Å²) in [4.78, 5) is 26.6. The van der Waals surface area contributed by atoms with Crippen LogP contribution in [0, 0.1) is 0 Å². The first-order valence-electron chi connectivity index (χ1n) is 8.37. The smallest absolute Gasteiger partial charge is 0.341 e. The summed E-state index contributed by atoms with van der Waals surface area (Å²) in [7, 11) is 0. The molecule has 1 N–H and O–H groups in total. The maximum atomic E-state index is 12.7. The van der Waals surface area contributed by atoms with Crippen molar-refractivity contribution in [2.24, 2.45) is 0 Å². The lowest BCUT2D eigenvalue weighted by atomic mass is 10.1.